The van der Waals surface area contributed by atoms with Gasteiger partial charge in [0.2, 0.25) is 0 Å². The highest BCUT2D eigenvalue weighted by molar-refractivity contribution is 6.33. The van der Waals surface area contributed by atoms with Crippen LogP contribution in [0.1, 0.15) is 32.2 Å². The van der Waals surface area contributed by atoms with Crippen molar-refractivity contribution in [1.82, 2.24) is 14.8 Å². The first-order valence-electron chi connectivity index (χ1n) is 8.65. The Morgan fingerprint density at radius 3 is 2.34 bits per heavy atom. The quantitative estimate of drug-likeness (QED) is 0.567. The average molecular weight is 421 g/mol. The van der Waals surface area contributed by atoms with Crippen LogP contribution in [0.25, 0.3) is 11.4 Å². The molecule has 3 aromatic rings. The van der Waals surface area contributed by atoms with Crippen LogP contribution in [0.15, 0.2) is 30.3 Å². The van der Waals surface area contributed by atoms with Gasteiger partial charge in [-0.05, 0) is 39.0 Å². The van der Waals surface area contributed by atoms with Crippen LogP contribution in [-0.2, 0) is 12.1 Å². The van der Waals surface area contributed by atoms with Crippen LogP contribution in [-0.4, -0.2) is 14.8 Å². The van der Waals surface area contributed by atoms with Gasteiger partial charge in [0.15, 0.2) is 34.6 Å². The van der Waals surface area contributed by atoms with Gasteiger partial charge in [0.05, 0.1) is 16.7 Å². The summed E-state index contributed by atoms with van der Waals surface area (Å²) in [5.74, 6) is -3.37. The Balaban J connectivity index is 2.05. The molecular formula is C20H16ClF3N4O. The molecule has 0 N–H and O–H groups in total. The number of hydrogen-bond acceptors (Lipinski definition) is 4. The Kier molecular flexibility index (Phi) is 5.53. The molecule has 2 aromatic carbocycles. The Morgan fingerprint density at radius 2 is 1.79 bits per heavy atom. The van der Waals surface area contributed by atoms with E-state index in [1.54, 1.807) is 30.5 Å². The van der Waals surface area contributed by atoms with Gasteiger partial charge >= 0.3 is 0 Å². The SMILES string of the molecule is CCn1c(-c2ccc(C#N)cc2Cl)nnc1C(C)(C)Oc1c(F)cc(F)cc1F. The third-order valence-corrected chi connectivity index (χ3v) is 4.58. The van der Waals surface area contributed by atoms with Crippen LogP contribution in [0.2, 0.25) is 5.02 Å². The van der Waals surface area contributed by atoms with E-state index in [4.69, 9.17) is 21.6 Å². The Bertz CT molecular complexity index is 1100. The van der Waals surface area contributed by atoms with Gasteiger partial charge in [-0.15, -0.1) is 10.2 Å². The molecule has 1 aromatic heterocycles. The van der Waals surface area contributed by atoms with Crippen molar-refractivity contribution >= 4 is 11.6 Å². The van der Waals surface area contributed by atoms with Crippen LogP contribution in [0.5, 0.6) is 5.75 Å². The smallest absolute Gasteiger partial charge is 0.192 e. The van der Waals surface area contributed by atoms with Crippen molar-refractivity contribution in [2.45, 2.75) is 32.9 Å². The molecule has 0 aliphatic carbocycles. The first-order valence-corrected chi connectivity index (χ1v) is 9.03. The van der Waals surface area contributed by atoms with Crippen LogP contribution in [0.4, 0.5) is 13.2 Å². The minimum absolute atomic E-state index is 0.290. The van der Waals surface area contributed by atoms with E-state index < -0.39 is 28.8 Å². The van der Waals surface area contributed by atoms with Crippen molar-refractivity contribution in [2.75, 3.05) is 0 Å². The topological polar surface area (TPSA) is 63.7 Å². The maximum atomic E-state index is 14.0. The molecule has 0 unspecified atom stereocenters. The van der Waals surface area contributed by atoms with Crippen molar-refractivity contribution in [2.24, 2.45) is 0 Å². The lowest BCUT2D eigenvalue weighted by atomic mass is 10.1. The van der Waals surface area contributed by atoms with E-state index in [2.05, 4.69) is 10.2 Å². The molecule has 150 valence electrons. The number of halogens is 4. The van der Waals surface area contributed by atoms with Crippen molar-refractivity contribution in [1.29, 1.82) is 5.26 Å². The summed E-state index contributed by atoms with van der Waals surface area (Å²) in [6.07, 6.45) is 0. The molecule has 0 saturated heterocycles. The second-order valence-electron chi connectivity index (χ2n) is 6.71. The second kappa shape index (κ2) is 7.76. The average Bonchev–Trinajstić information content (AvgIpc) is 3.09. The lowest BCUT2D eigenvalue weighted by Crippen LogP contribution is -2.30. The Hall–Kier alpha value is -3.05. The molecule has 1 heterocycles. The lowest BCUT2D eigenvalue weighted by Gasteiger charge is -2.26. The monoisotopic (exact) mass is 420 g/mol. The summed E-state index contributed by atoms with van der Waals surface area (Å²) < 4.78 is 48.5. The van der Waals surface area contributed by atoms with E-state index in [-0.39, 0.29) is 0 Å². The number of ether oxygens (including phenoxy) is 1. The van der Waals surface area contributed by atoms with Gasteiger partial charge in [-0.3, -0.25) is 0 Å². The van der Waals surface area contributed by atoms with Crippen LogP contribution < -0.4 is 4.74 Å². The second-order valence-corrected chi connectivity index (χ2v) is 7.12. The zero-order valence-electron chi connectivity index (χ0n) is 15.8. The van der Waals surface area contributed by atoms with Crippen molar-refractivity contribution < 1.29 is 17.9 Å². The van der Waals surface area contributed by atoms with Gasteiger partial charge in [-0.1, -0.05) is 11.6 Å². The van der Waals surface area contributed by atoms with Gasteiger partial charge in [0.25, 0.3) is 0 Å². The van der Waals surface area contributed by atoms with E-state index >= 15 is 0 Å². The number of benzene rings is 2. The molecule has 0 atom stereocenters. The Labute approximate surface area is 170 Å². The summed E-state index contributed by atoms with van der Waals surface area (Å²) in [6, 6.07) is 7.84. The minimum atomic E-state index is -1.31. The number of nitriles is 1. The highest BCUT2D eigenvalue weighted by Crippen LogP contribution is 2.34. The fraction of sp³-hybridized carbons (Fsp3) is 0.250. The van der Waals surface area contributed by atoms with E-state index in [1.807, 2.05) is 13.0 Å². The van der Waals surface area contributed by atoms with E-state index in [9.17, 15) is 13.2 Å². The van der Waals surface area contributed by atoms with Crippen molar-refractivity contribution in [3.8, 4) is 23.2 Å². The molecule has 0 fully saturated rings. The molecule has 0 bridgehead atoms. The number of hydrogen-bond donors (Lipinski definition) is 0. The molecular weight excluding hydrogens is 405 g/mol. The largest absolute Gasteiger partial charge is 0.474 e. The molecule has 0 spiro atoms. The first kappa shape index (κ1) is 20.7. The molecule has 3 rings (SSSR count). The summed E-state index contributed by atoms with van der Waals surface area (Å²) in [5.41, 5.74) is -0.367. The lowest BCUT2D eigenvalue weighted by molar-refractivity contribution is 0.0824. The minimum Gasteiger partial charge on any atom is -0.474 e. The van der Waals surface area contributed by atoms with E-state index in [0.717, 1.165) is 0 Å². The molecule has 9 heteroatoms. The molecule has 0 saturated carbocycles. The number of aromatic nitrogens is 3. The maximum Gasteiger partial charge on any atom is 0.192 e. The predicted octanol–water partition coefficient (Wildman–Crippen LogP) is 5.22. The van der Waals surface area contributed by atoms with Gasteiger partial charge in [0, 0.05) is 24.2 Å². The standard InChI is InChI=1S/C20H16ClF3N4O/c1-4-28-18(13-6-5-11(10-25)7-14(13)21)26-27-19(28)20(2,3)29-17-15(23)8-12(22)9-16(17)24/h5-9H,4H2,1-3H3. The Morgan fingerprint density at radius 1 is 1.14 bits per heavy atom. The molecule has 0 amide bonds. The fourth-order valence-corrected chi connectivity index (χ4v) is 3.21. The highest BCUT2D eigenvalue weighted by Gasteiger charge is 2.33. The predicted molar refractivity (Wildman–Crippen MR) is 101 cm³/mol. The zero-order valence-corrected chi connectivity index (χ0v) is 16.6. The molecule has 0 radical (unpaired) electrons. The van der Waals surface area contributed by atoms with Crippen LogP contribution >= 0.6 is 11.6 Å². The van der Waals surface area contributed by atoms with Gasteiger partial charge in [-0.25, -0.2) is 13.2 Å². The summed E-state index contributed by atoms with van der Waals surface area (Å²) >= 11 is 6.28. The maximum absolute atomic E-state index is 14.0. The highest BCUT2D eigenvalue weighted by atomic mass is 35.5. The molecule has 5 nitrogen and oxygen atoms in total. The van der Waals surface area contributed by atoms with Gasteiger partial charge < -0.3 is 9.30 Å². The number of rotatable bonds is 5. The van der Waals surface area contributed by atoms with Gasteiger partial charge in [-0.2, -0.15) is 5.26 Å². The summed E-state index contributed by atoms with van der Waals surface area (Å²) in [5, 5.41) is 17.6. The molecule has 29 heavy (non-hydrogen) atoms. The van der Waals surface area contributed by atoms with E-state index in [0.29, 0.717) is 46.5 Å². The number of nitrogens with zero attached hydrogens (tertiary/aromatic N) is 4. The third-order valence-electron chi connectivity index (χ3n) is 4.26. The summed E-state index contributed by atoms with van der Waals surface area (Å²) in [7, 11) is 0. The van der Waals surface area contributed by atoms with Crippen molar-refractivity contribution in [3.05, 3.63) is 64.2 Å². The summed E-state index contributed by atoms with van der Waals surface area (Å²) in [6.45, 7) is 5.38. The van der Waals surface area contributed by atoms with Crippen molar-refractivity contribution in [3.63, 3.8) is 0 Å². The first-order chi connectivity index (χ1) is 13.7. The van der Waals surface area contributed by atoms with Crippen LogP contribution in [0.3, 0.4) is 0 Å². The van der Waals surface area contributed by atoms with Crippen LogP contribution in [0, 0.1) is 28.8 Å². The van der Waals surface area contributed by atoms with E-state index in [1.165, 1.54) is 6.07 Å². The van der Waals surface area contributed by atoms with Gasteiger partial charge in [0.1, 0.15) is 5.82 Å². The normalized spacial score (nSPS) is 11.4. The fourth-order valence-electron chi connectivity index (χ4n) is 2.94. The molecule has 0 aliphatic heterocycles. The third kappa shape index (κ3) is 3.91. The molecule has 0 aliphatic rings. The summed E-state index contributed by atoms with van der Waals surface area (Å²) in [4.78, 5) is 0. The zero-order chi connectivity index (χ0) is 21.3.